The van der Waals surface area contributed by atoms with Gasteiger partial charge < -0.3 is 9.88 Å². The Morgan fingerprint density at radius 2 is 1.33 bits per heavy atom. The average Bonchev–Trinajstić information content (AvgIpc) is 2.71. The lowest BCUT2D eigenvalue weighted by Crippen LogP contribution is -2.14. The molecule has 1 heterocycles. The van der Waals surface area contributed by atoms with Crippen molar-refractivity contribution < 1.29 is 4.79 Å². The monoisotopic (exact) mass is 356 g/mol. The highest BCUT2D eigenvalue weighted by Crippen LogP contribution is 2.20. The Labute approximate surface area is 157 Å². The van der Waals surface area contributed by atoms with Crippen LogP contribution in [0.1, 0.15) is 12.8 Å². The zero-order valence-electron chi connectivity index (χ0n) is 14.9. The molecule has 0 saturated carbocycles. The molecular weight excluding hydrogens is 336 g/mol. The summed E-state index contributed by atoms with van der Waals surface area (Å²) in [5.41, 5.74) is 2.68. The molecule has 4 nitrogen and oxygen atoms in total. The van der Waals surface area contributed by atoms with Crippen LogP contribution in [0.3, 0.4) is 0 Å². The molecule has 1 N–H and O–H groups in total. The van der Waals surface area contributed by atoms with E-state index in [1.54, 1.807) is 0 Å². The van der Waals surface area contributed by atoms with Gasteiger partial charge in [-0.25, -0.2) is 0 Å². The van der Waals surface area contributed by atoms with Crippen LogP contribution in [0.4, 0.5) is 5.69 Å². The molecule has 0 saturated heterocycles. The first-order valence-electron chi connectivity index (χ1n) is 9.09. The third kappa shape index (κ3) is 3.47. The lowest BCUT2D eigenvalue weighted by atomic mass is 10.1. The van der Waals surface area contributed by atoms with E-state index in [2.05, 4.69) is 9.88 Å². The van der Waals surface area contributed by atoms with Crippen molar-refractivity contribution in [2.45, 2.75) is 19.4 Å². The maximum absolute atomic E-state index is 12.7. The highest BCUT2D eigenvalue weighted by Gasteiger charge is 2.10. The van der Waals surface area contributed by atoms with E-state index >= 15 is 0 Å². The minimum absolute atomic E-state index is 0.00384. The number of para-hydroxylation sites is 3. The number of rotatable bonds is 5. The summed E-state index contributed by atoms with van der Waals surface area (Å²) in [6.45, 7) is 0.670. The first-order chi connectivity index (χ1) is 13.2. The standard InChI is InChI=1S/C23H20N2O2/c26-22(24-17-9-2-1-3-10-17)15-8-16-25-20-13-6-4-11-18(20)23(27)19-12-5-7-14-21(19)25/h1-7,9-14H,8,15-16H2,(H,24,26). The van der Waals surface area contributed by atoms with E-state index < -0.39 is 0 Å². The number of aryl methyl sites for hydroxylation is 1. The minimum atomic E-state index is -0.00384. The smallest absolute Gasteiger partial charge is 0.224 e. The lowest BCUT2D eigenvalue weighted by Gasteiger charge is -2.15. The largest absolute Gasteiger partial charge is 0.340 e. The lowest BCUT2D eigenvalue weighted by molar-refractivity contribution is -0.116. The zero-order chi connectivity index (χ0) is 18.6. The highest BCUT2D eigenvalue weighted by molar-refractivity contribution is 5.93. The van der Waals surface area contributed by atoms with Gasteiger partial charge in [0.1, 0.15) is 0 Å². The molecule has 0 aliphatic carbocycles. The van der Waals surface area contributed by atoms with Gasteiger partial charge in [-0.3, -0.25) is 9.59 Å². The molecule has 4 heteroatoms. The quantitative estimate of drug-likeness (QED) is 0.532. The normalized spacial score (nSPS) is 11.0. The molecule has 0 unspecified atom stereocenters. The molecule has 4 rings (SSSR count). The summed E-state index contributed by atoms with van der Waals surface area (Å²) in [7, 11) is 0. The number of hydrogen-bond donors (Lipinski definition) is 1. The first-order valence-corrected chi connectivity index (χ1v) is 9.09. The third-order valence-electron chi connectivity index (χ3n) is 4.72. The summed E-state index contributed by atoms with van der Waals surface area (Å²) < 4.78 is 2.14. The molecule has 0 radical (unpaired) electrons. The van der Waals surface area contributed by atoms with Crippen molar-refractivity contribution in [2.75, 3.05) is 5.32 Å². The fourth-order valence-corrected chi connectivity index (χ4v) is 3.46. The van der Waals surface area contributed by atoms with Crippen molar-refractivity contribution in [1.82, 2.24) is 4.57 Å². The van der Waals surface area contributed by atoms with Gasteiger partial charge in [-0.15, -0.1) is 0 Å². The van der Waals surface area contributed by atoms with Gasteiger partial charge in [-0.1, -0.05) is 42.5 Å². The molecule has 1 amide bonds. The van der Waals surface area contributed by atoms with E-state index in [-0.39, 0.29) is 11.3 Å². The van der Waals surface area contributed by atoms with Crippen LogP contribution in [0, 0.1) is 0 Å². The van der Waals surface area contributed by atoms with E-state index in [4.69, 9.17) is 0 Å². The Balaban J connectivity index is 1.59. The van der Waals surface area contributed by atoms with Gasteiger partial charge in [-0.2, -0.15) is 0 Å². The van der Waals surface area contributed by atoms with E-state index in [1.165, 1.54) is 0 Å². The molecule has 4 aromatic rings. The number of pyridine rings is 1. The number of nitrogens with zero attached hydrogens (tertiary/aromatic N) is 1. The predicted molar refractivity (Wildman–Crippen MR) is 110 cm³/mol. The Bertz CT molecular complexity index is 1100. The number of fused-ring (bicyclic) bond motifs is 2. The van der Waals surface area contributed by atoms with Crippen LogP contribution < -0.4 is 10.7 Å². The average molecular weight is 356 g/mol. The summed E-state index contributed by atoms with van der Waals surface area (Å²) in [5.74, 6) is -0.00384. The Kier molecular flexibility index (Phi) is 4.71. The highest BCUT2D eigenvalue weighted by atomic mass is 16.1. The fourth-order valence-electron chi connectivity index (χ4n) is 3.46. The van der Waals surface area contributed by atoms with Gasteiger partial charge in [-0.05, 0) is 42.8 Å². The van der Waals surface area contributed by atoms with Crippen LogP contribution >= 0.6 is 0 Å². The number of hydrogen-bond acceptors (Lipinski definition) is 2. The maximum Gasteiger partial charge on any atom is 0.224 e. The molecule has 3 aromatic carbocycles. The molecule has 0 fully saturated rings. The topological polar surface area (TPSA) is 51.1 Å². The van der Waals surface area contributed by atoms with Gasteiger partial charge in [0.05, 0.1) is 11.0 Å². The molecule has 0 atom stereocenters. The van der Waals surface area contributed by atoms with E-state index in [1.807, 2.05) is 78.9 Å². The van der Waals surface area contributed by atoms with Crippen molar-refractivity contribution in [3.8, 4) is 0 Å². The second-order valence-electron chi connectivity index (χ2n) is 6.53. The van der Waals surface area contributed by atoms with Gasteiger partial charge in [0.25, 0.3) is 0 Å². The summed E-state index contributed by atoms with van der Waals surface area (Å²) in [6.07, 6.45) is 1.11. The second-order valence-corrected chi connectivity index (χ2v) is 6.53. The van der Waals surface area contributed by atoms with Crippen molar-refractivity contribution in [3.05, 3.63) is 89.1 Å². The molecule has 0 aliphatic rings. The Morgan fingerprint density at radius 1 is 0.778 bits per heavy atom. The molecular formula is C23H20N2O2. The molecule has 0 aliphatic heterocycles. The Hall–Kier alpha value is -3.40. The van der Waals surface area contributed by atoms with Crippen LogP contribution in [0.2, 0.25) is 0 Å². The number of aromatic nitrogens is 1. The molecule has 1 aromatic heterocycles. The number of amides is 1. The van der Waals surface area contributed by atoms with Crippen LogP contribution in [0.25, 0.3) is 21.8 Å². The summed E-state index contributed by atoms with van der Waals surface area (Å²) in [4.78, 5) is 25.0. The van der Waals surface area contributed by atoms with Gasteiger partial charge in [0.15, 0.2) is 5.43 Å². The molecule has 0 bridgehead atoms. The molecule has 0 spiro atoms. The fraction of sp³-hybridized carbons (Fsp3) is 0.130. The Morgan fingerprint density at radius 3 is 1.96 bits per heavy atom. The minimum Gasteiger partial charge on any atom is -0.340 e. The second kappa shape index (κ2) is 7.46. The van der Waals surface area contributed by atoms with Crippen molar-refractivity contribution in [2.24, 2.45) is 0 Å². The van der Waals surface area contributed by atoms with E-state index in [0.29, 0.717) is 30.2 Å². The SMILES string of the molecule is O=C(CCCn1c2ccccc2c(=O)c2ccccc21)Nc1ccccc1. The van der Waals surface area contributed by atoms with Crippen LogP contribution in [0.5, 0.6) is 0 Å². The summed E-state index contributed by atoms with van der Waals surface area (Å²) in [6, 6.07) is 24.8. The maximum atomic E-state index is 12.7. The first kappa shape index (κ1) is 17.0. The van der Waals surface area contributed by atoms with Crippen LogP contribution in [-0.2, 0) is 11.3 Å². The van der Waals surface area contributed by atoms with E-state index in [9.17, 15) is 9.59 Å². The number of nitrogens with one attached hydrogen (secondary N) is 1. The van der Waals surface area contributed by atoms with Crippen LogP contribution in [0.15, 0.2) is 83.7 Å². The number of anilines is 1. The summed E-state index contributed by atoms with van der Waals surface area (Å²) in [5, 5.41) is 4.34. The number of carbonyl (C=O) groups excluding carboxylic acids is 1. The van der Waals surface area contributed by atoms with Crippen molar-refractivity contribution in [3.63, 3.8) is 0 Å². The zero-order valence-corrected chi connectivity index (χ0v) is 14.9. The van der Waals surface area contributed by atoms with Gasteiger partial charge in [0, 0.05) is 29.4 Å². The van der Waals surface area contributed by atoms with E-state index in [0.717, 1.165) is 16.7 Å². The van der Waals surface area contributed by atoms with Crippen molar-refractivity contribution in [1.29, 1.82) is 0 Å². The van der Waals surface area contributed by atoms with Gasteiger partial charge >= 0.3 is 0 Å². The molecule has 27 heavy (non-hydrogen) atoms. The number of benzene rings is 3. The predicted octanol–water partition coefficient (Wildman–Crippen LogP) is 4.57. The van der Waals surface area contributed by atoms with Gasteiger partial charge in [0.2, 0.25) is 5.91 Å². The van der Waals surface area contributed by atoms with Crippen LogP contribution in [-0.4, -0.2) is 10.5 Å². The third-order valence-corrected chi connectivity index (χ3v) is 4.72. The van der Waals surface area contributed by atoms with Crippen molar-refractivity contribution >= 4 is 33.4 Å². The summed E-state index contributed by atoms with van der Waals surface area (Å²) >= 11 is 0. The number of carbonyl (C=O) groups is 1. The molecule has 134 valence electrons.